The molecular weight excluding hydrogens is 262 g/mol. The second kappa shape index (κ2) is 4.64. The van der Waals surface area contributed by atoms with Crippen LogP contribution in [0.2, 0.25) is 0 Å². The molecule has 0 aliphatic carbocycles. The number of nitrogens with one attached hydrogen (secondary N) is 1. The number of rotatable bonds is 2. The topological polar surface area (TPSA) is 59.8 Å². The third-order valence-corrected chi connectivity index (χ3v) is 5.72. The zero-order chi connectivity index (χ0) is 11.0. The Bertz CT molecular complexity index is 371. The van der Waals surface area contributed by atoms with Gasteiger partial charge in [0.05, 0.1) is 5.70 Å². The average molecular weight is 273 g/mol. The van der Waals surface area contributed by atoms with Crippen LogP contribution in [0.1, 0.15) is 0 Å². The van der Waals surface area contributed by atoms with Gasteiger partial charge in [-0.15, -0.1) is 23.5 Å². The molecule has 16 heavy (non-hydrogen) atoms. The molecule has 0 bridgehead atoms. The van der Waals surface area contributed by atoms with Crippen molar-refractivity contribution in [3.05, 3.63) is 11.1 Å². The van der Waals surface area contributed by atoms with Gasteiger partial charge in [0.25, 0.3) is 0 Å². The van der Waals surface area contributed by atoms with Crippen LogP contribution in [0.25, 0.3) is 0 Å². The van der Waals surface area contributed by atoms with Crippen LogP contribution < -0.4 is 5.32 Å². The smallest absolute Gasteiger partial charge is 0.203 e. The van der Waals surface area contributed by atoms with Gasteiger partial charge in [-0.25, -0.2) is 4.99 Å². The zero-order valence-electron chi connectivity index (χ0n) is 8.41. The Kier molecular flexibility index (Phi) is 3.19. The van der Waals surface area contributed by atoms with Crippen molar-refractivity contribution in [1.82, 2.24) is 5.32 Å². The lowest BCUT2D eigenvalue weighted by atomic mass is 10.3. The van der Waals surface area contributed by atoms with Gasteiger partial charge < -0.3 is 9.87 Å². The summed E-state index contributed by atoms with van der Waals surface area (Å²) >= 11 is 2.68. The molecule has 0 aromatic carbocycles. The number of aliphatic imine (C=N–C) groups is 2. The summed E-state index contributed by atoms with van der Waals surface area (Å²) in [6, 6.07) is 0.134. The maximum absolute atomic E-state index is 11.2. The molecule has 0 saturated carbocycles. The van der Waals surface area contributed by atoms with Gasteiger partial charge >= 0.3 is 0 Å². The standard InChI is InChI=1S/C9H11N3OS3/c13-16-4-7(11-5-16)9-12-6(3-15-9)8-10-1-2-14-8/h1,3,5,7-9,12H,2,4H2. The first-order valence-electron chi connectivity index (χ1n) is 4.99. The van der Waals surface area contributed by atoms with E-state index in [1.165, 1.54) is 5.70 Å². The van der Waals surface area contributed by atoms with Crippen LogP contribution in [-0.2, 0) is 11.2 Å². The summed E-state index contributed by atoms with van der Waals surface area (Å²) in [7, 11) is 0. The van der Waals surface area contributed by atoms with Crippen molar-refractivity contribution in [2.45, 2.75) is 16.8 Å². The van der Waals surface area contributed by atoms with E-state index in [1.54, 1.807) is 17.3 Å². The highest BCUT2D eigenvalue weighted by molar-refractivity contribution is 8.05. The van der Waals surface area contributed by atoms with Crippen molar-refractivity contribution in [2.75, 3.05) is 11.5 Å². The SMILES string of the molecule is [O-][S+]1C=NC(C2NC(C3N=CCS3)=CS2)C1. The van der Waals surface area contributed by atoms with Gasteiger partial charge in [0.2, 0.25) is 5.55 Å². The molecular formula is C9H11N3OS3. The second-order valence-electron chi connectivity index (χ2n) is 3.66. The van der Waals surface area contributed by atoms with Gasteiger partial charge in [-0.2, -0.15) is 0 Å². The quantitative estimate of drug-likeness (QED) is 0.756. The van der Waals surface area contributed by atoms with E-state index < -0.39 is 11.2 Å². The number of hydrogen-bond acceptors (Lipinski definition) is 6. The number of thioether (sulfide) groups is 2. The van der Waals surface area contributed by atoms with Crippen molar-refractivity contribution in [3.8, 4) is 0 Å². The van der Waals surface area contributed by atoms with Crippen molar-refractivity contribution >= 4 is 46.5 Å². The Labute approximate surface area is 106 Å². The molecule has 0 aromatic heterocycles. The van der Waals surface area contributed by atoms with Gasteiger partial charge in [0, 0.05) is 12.0 Å². The van der Waals surface area contributed by atoms with Crippen molar-refractivity contribution in [2.24, 2.45) is 9.98 Å². The van der Waals surface area contributed by atoms with Crippen LogP contribution in [0.5, 0.6) is 0 Å². The monoisotopic (exact) mass is 273 g/mol. The lowest BCUT2D eigenvalue weighted by Crippen LogP contribution is -2.35. The molecule has 0 aromatic rings. The molecule has 0 spiro atoms. The molecule has 0 fully saturated rings. The first-order chi connectivity index (χ1) is 7.83. The van der Waals surface area contributed by atoms with E-state index >= 15 is 0 Å². The summed E-state index contributed by atoms with van der Waals surface area (Å²) < 4.78 is 11.2. The van der Waals surface area contributed by atoms with Crippen LogP contribution in [0.3, 0.4) is 0 Å². The minimum Gasteiger partial charge on any atom is -0.611 e. The summed E-state index contributed by atoms with van der Waals surface area (Å²) in [5, 5.41) is 6.02. The molecule has 0 amide bonds. The summed E-state index contributed by atoms with van der Waals surface area (Å²) in [5.41, 5.74) is 2.73. The predicted molar refractivity (Wildman–Crippen MR) is 72.6 cm³/mol. The van der Waals surface area contributed by atoms with Gasteiger partial charge in [-0.3, -0.25) is 4.99 Å². The van der Waals surface area contributed by atoms with E-state index in [1.807, 2.05) is 18.0 Å². The molecule has 1 N–H and O–H groups in total. The van der Waals surface area contributed by atoms with Crippen LogP contribution in [0.15, 0.2) is 21.1 Å². The Morgan fingerprint density at radius 2 is 2.44 bits per heavy atom. The zero-order valence-corrected chi connectivity index (χ0v) is 10.9. The molecule has 4 atom stereocenters. The van der Waals surface area contributed by atoms with E-state index in [-0.39, 0.29) is 16.8 Å². The molecule has 3 aliphatic rings. The summed E-state index contributed by atoms with van der Waals surface area (Å²) in [6.07, 6.45) is 1.96. The fourth-order valence-corrected chi connectivity index (χ4v) is 4.83. The van der Waals surface area contributed by atoms with E-state index in [9.17, 15) is 4.55 Å². The minimum absolute atomic E-state index is 0.134. The summed E-state index contributed by atoms with van der Waals surface area (Å²) in [4.78, 5) is 8.66. The summed E-state index contributed by atoms with van der Waals surface area (Å²) in [6.45, 7) is 0. The highest BCUT2D eigenvalue weighted by atomic mass is 32.2. The average Bonchev–Trinajstić information content (AvgIpc) is 2.97. The predicted octanol–water partition coefficient (Wildman–Crippen LogP) is 0.793. The third kappa shape index (κ3) is 2.13. The fourth-order valence-electron chi connectivity index (χ4n) is 1.75. The van der Waals surface area contributed by atoms with Gasteiger partial charge in [-0.1, -0.05) is 0 Å². The van der Waals surface area contributed by atoms with Crippen LogP contribution in [0, 0.1) is 0 Å². The maximum atomic E-state index is 11.2. The lowest BCUT2D eigenvalue weighted by Gasteiger charge is -2.17. The normalized spacial score (nSPS) is 41.4. The van der Waals surface area contributed by atoms with E-state index in [2.05, 4.69) is 20.7 Å². The maximum Gasteiger partial charge on any atom is 0.203 e. The second-order valence-corrected chi connectivity index (χ2v) is 7.10. The Hall–Kier alpha value is -0.110. The molecule has 0 saturated heterocycles. The molecule has 7 heteroatoms. The van der Waals surface area contributed by atoms with Gasteiger partial charge in [0.1, 0.15) is 22.5 Å². The van der Waals surface area contributed by atoms with Crippen LogP contribution in [0.4, 0.5) is 0 Å². The summed E-state index contributed by atoms with van der Waals surface area (Å²) in [5.74, 6) is 1.64. The molecule has 4 unspecified atom stereocenters. The molecule has 0 radical (unpaired) electrons. The van der Waals surface area contributed by atoms with Crippen LogP contribution >= 0.6 is 23.5 Å². The Morgan fingerprint density at radius 3 is 3.12 bits per heavy atom. The number of nitrogens with zero attached hydrogens (tertiary/aromatic N) is 2. The van der Waals surface area contributed by atoms with Gasteiger partial charge in [-0.05, 0) is 16.6 Å². The van der Waals surface area contributed by atoms with Crippen LogP contribution in [-0.4, -0.2) is 44.6 Å². The highest BCUT2D eigenvalue weighted by Crippen LogP contribution is 2.33. The third-order valence-electron chi connectivity index (χ3n) is 2.54. The fraction of sp³-hybridized carbons (Fsp3) is 0.556. The van der Waals surface area contributed by atoms with Crippen molar-refractivity contribution in [3.63, 3.8) is 0 Å². The molecule has 3 rings (SSSR count). The largest absolute Gasteiger partial charge is 0.611 e. The van der Waals surface area contributed by atoms with E-state index in [0.29, 0.717) is 5.75 Å². The first-order valence-corrected chi connectivity index (χ1v) is 8.36. The van der Waals surface area contributed by atoms with Crippen molar-refractivity contribution in [1.29, 1.82) is 0 Å². The highest BCUT2D eigenvalue weighted by Gasteiger charge is 2.34. The lowest BCUT2D eigenvalue weighted by molar-refractivity contribution is 0.591. The van der Waals surface area contributed by atoms with Crippen molar-refractivity contribution < 1.29 is 4.55 Å². The molecule has 3 aliphatic heterocycles. The molecule has 3 heterocycles. The van der Waals surface area contributed by atoms with E-state index in [4.69, 9.17) is 0 Å². The molecule has 86 valence electrons. The van der Waals surface area contributed by atoms with E-state index in [0.717, 1.165) is 5.75 Å². The Balaban J connectivity index is 1.59. The molecule has 4 nitrogen and oxygen atoms in total. The minimum atomic E-state index is -0.865. The Morgan fingerprint density at radius 1 is 1.50 bits per heavy atom. The number of hydrogen-bond donors (Lipinski definition) is 1. The van der Waals surface area contributed by atoms with Gasteiger partial charge in [0.15, 0.2) is 0 Å². The first kappa shape index (κ1) is 11.0.